The Morgan fingerprint density at radius 2 is 1.79 bits per heavy atom. The number of nitrogens with one attached hydrogen (secondary N) is 1. The highest BCUT2D eigenvalue weighted by molar-refractivity contribution is 8.00. The first-order valence-electron chi connectivity index (χ1n) is 10.1. The molecule has 0 saturated heterocycles. The van der Waals surface area contributed by atoms with Crippen molar-refractivity contribution in [3.63, 3.8) is 0 Å². The van der Waals surface area contributed by atoms with Gasteiger partial charge in [-0.25, -0.2) is 9.97 Å². The Morgan fingerprint density at radius 3 is 2.48 bits per heavy atom. The summed E-state index contributed by atoms with van der Waals surface area (Å²) in [6.07, 6.45) is 1.41. The van der Waals surface area contributed by atoms with Crippen molar-refractivity contribution in [2.24, 2.45) is 0 Å². The molecule has 0 aliphatic rings. The smallest absolute Gasteiger partial charge is 0.266 e. The van der Waals surface area contributed by atoms with Crippen molar-refractivity contribution in [1.82, 2.24) is 14.5 Å². The minimum atomic E-state index is -0.595. The Morgan fingerprint density at radius 1 is 1.09 bits per heavy atom. The molecule has 0 radical (unpaired) electrons. The third kappa shape index (κ3) is 4.76. The van der Waals surface area contributed by atoms with Gasteiger partial charge in [0.1, 0.15) is 0 Å². The molecule has 4 rings (SSSR count). The lowest BCUT2D eigenvalue weighted by atomic mass is 10.1. The van der Waals surface area contributed by atoms with E-state index in [2.05, 4.69) is 10.3 Å². The van der Waals surface area contributed by atoms with Gasteiger partial charge in [-0.2, -0.15) is 0 Å². The SMILES string of the molecule is Cc1cccc(C)c1-n1c(SC(C)C(=O)Nc2ncc(Cl)cc2Cl)nc2ccccc2c1=O. The van der Waals surface area contributed by atoms with Crippen molar-refractivity contribution < 1.29 is 4.79 Å². The Hall–Kier alpha value is -2.87. The number of hydrogen-bond acceptors (Lipinski definition) is 5. The zero-order valence-corrected chi connectivity index (χ0v) is 20.4. The standard InChI is InChI=1S/C24H20Cl2N4O2S/c1-13-7-6-8-14(2)20(13)30-23(32)17-9-4-5-10-19(17)28-24(30)33-15(3)22(31)29-21-18(26)11-16(25)12-27-21/h4-12,15H,1-3H3,(H,27,29,31). The van der Waals surface area contributed by atoms with Crippen LogP contribution in [0.1, 0.15) is 18.1 Å². The van der Waals surface area contributed by atoms with E-state index in [0.29, 0.717) is 21.1 Å². The molecule has 0 fully saturated rings. The highest BCUT2D eigenvalue weighted by Crippen LogP contribution is 2.29. The first kappa shape index (κ1) is 23.3. The number of pyridine rings is 1. The van der Waals surface area contributed by atoms with E-state index in [1.165, 1.54) is 24.0 Å². The fourth-order valence-electron chi connectivity index (χ4n) is 3.48. The Labute approximate surface area is 205 Å². The number of rotatable bonds is 5. The number of hydrogen-bond donors (Lipinski definition) is 1. The van der Waals surface area contributed by atoms with Gasteiger partial charge in [-0.1, -0.05) is 65.3 Å². The van der Waals surface area contributed by atoms with E-state index in [0.717, 1.165) is 16.8 Å². The lowest BCUT2D eigenvalue weighted by molar-refractivity contribution is -0.115. The number of benzene rings is 2. The van der Waals surface area contributed by atoms with Gasteiger partial charge in [-0.05, 0) is 50.1 Å². The Balaban J connectivity index is 1.77. The van der Waals surface area contributed by atoms with Gasteiger partial charge < -0.3 is 5.32 Å². The third-order valence-electron chi connectivity index (χ3n) is 5.11. The number of thioether (sulfide) groups is 1. The molecule has 168 valence electrons. The Bertz CT molecular complexity index is 1420. The van der Waals surface area contributed by atoms with E-state index in [1.54, 1.807) is 23.6 Å². The van der Waals surface area contributed by atoms with Crippen LogP contribution in [0.15, 0.2) is 64.7 Å². The summed E-state index contributed by atoms with van der Waals surface area (Å²) in [5, 5.41) is 3.67. The van der Waals surface area contributed by atoms with E-state index in [-0.39, 0.29) is 22.3 Å². The fourth-order valence-corrected chi connectivity index (χ4v) is 4.82. The average molecular weight is 499 g/mol. The van der Waals surface area contributed by atoms with E-state index in [9.17, 15) is 9.59 Å². The molecule has 33 heavy (non-hydrogen) atoms. The van der Waals surface area contributed by atoms with Crippen molar-refractivity contribution in [2.75, 3.05) is 5.32 Å². The number of para-hydroxylation sites is 2. The lowest BCUT2D eigenvalue weighted by Crippen LogP contribution is -2.27. The highest BCUT2D eigenvalue weighted by atomic mass is 35.5. The van der Waals surface area contributed by atoms with Crippen LogP contribution in [0.5, 0.6) is 0 Å². The van der Waals surface area contributed by atoms with Crippen LogP contribution in [0, 0.1) is 13.8 Å². The van der Waals surface area contributed by atoms with Crippen LogP contribution in [-0.2, 0) is 4.79 Å². The monoisotopic (exact) mass is 498 g/mol. The second-order valence-corrected chi connectivity index (χ2v) is 9.68. The summed E-state index contributed by atoms with van der Waals surface area (Å²) >= 11 is 13.2. The van der Waals surface area contributed by atoms with Gasteiger partial charge in [0.15, 0.2) is 11.0 Å². The van der Waals surface area contributed by atoms with Crippen LogP contribution in [-0.4, -0.2) is 25.7 Å². The molecule has 2 heterocycles. The predicted octanol–water partition coefficient (Wildman–Crippen LogP) is 5.82. The van der Waals surface area contributed by atoms with Gasteiger partial charge in [0.25, 0.3) is 5.56 Å². The maximum atomic E-state index is 13.5. The van der Waals surface area contributed by atoms with Crippen LogP contribution < -0.4 is 10.9 Å². The van der Waals surface area contributed by atoms with Crippen LogP contribution in [0.3, 0.4) is 0 Å². The number of carbonyl (C=O) groups excluding carboxylic acids is 1. The van der Waals surface area contributed by atoms with Gasteiger partial charge in [0.2, 0.25) is 5.91 Å². The summed E-state index contributed by atoms with van der Waals surface area (Å²) in [5.41, 5.74) is 3.02. The second-order valence-electron chi connectivity index (χ2n) is 7.53. The van der Waals surface area contributed by atoms with Gasteiger partial charge in [0.05, 0.1) is 31.9 Å². The van der Waals surface area contributed by atoms with E-state index in [1.807, 2.05) is 44.2 Å². The van der Waals surface area contributed by atoms with Crippen LogP contribution in [0.2, 0.25) is 10.0 Å². The number of carbonyl (C=O) groups is 1. The maximum absolute atomic E-state index is 13.5. The average Bonchev–Trinajstić information content (AvgIpc) is 2.77. The summed E-state index contributed by atoms with van der Waals surface area (Å²) in [4.78, 5) is 35.3. The molecule has 4 aromatic rings. The molecular weight excluding hydrogens is 479 g/mol. The summed E-state index contributed by atoms with van der Waals surface area (Å²) in [7, 11) is 0. The zero-order chi connectivity index (χ0) is 23.7. The van der Waals surface area contributed by atoms with Gasteiger partial charge in [-0.15, -0.1) is 0 Å². The summed E-state index contributed by atoms with van der Waals surface area (Å²) in [6.45, 7) is 5.63. The molecule has 6 nitrogen and oxygen atoms in total. The number of fused-ring (bicyclic) bond motifs is 1. The molecule has 0 aliphatic heterocycles. The number of nitrogens with zero attached hydrogens (tertiary/aromatic N) is 3. The second kappa shape index (κ2) is 9.55. The largest absolute Gasteiger partial charge is 0.308 e. The quantitative estimate of drug-likeness (QED) is 0.277. The van der Waals surface area contributed by atoms with Crippen molar-refractivity contribution in [2.45, 2.75) is 31.2 Å². The molecular formula is C24H20Cl2N4O2S. The number of anilines is 1. The van der Waals surface area contributed by atoms with Crippen molar-refractivity contribution >= 4 is 57.6 Å². The first-order valence-corrected chi connectivity index (χ1v) is 11.8. The highest BCUT2D eigenvalue weighted by Gasteiger charge is 2.22. The molecule has 1 unspecified atom stereocenters. The fraction of sp³-hybridized carbons (Fsp3) is 0.167. The van der Waals surface area contributed by atoms with Gasteiger partial charge >= 0.3 is 0 Å². The van der Waals surface area contributed by atoms with Gasteiger partial charge in [-0.3, -0.25) is 14.2 Å². The number of aromatic nitrogens is 3. The Kier molecular flexibility index (Phi) is 6.74. The predicted molar refractivity (Wildman–Crippen MR) is 135 cm³/mol. The molecule has 1 amide bonds. The minimum Gasteiger partial charge on any atom is -0.308 e. The molecule has 2 aromatic carbocycles. The van der Waals surface area contributed by atoms with Crippen molar-refractivity contribution in [3.05, 3.63) is 86.3 Å². The molecule has 0 saturated carbocycles. The topological polar surface area (TPSA) is 76.9 Å². The molecule has 0 bridgehead atoms. The molecule has 1 atom stereocenters. The maximum Gasteiger partial charge on any atom is 0.266 e. The molecule has 2 aromatic heterocycles. The van der Waals surface area contributed by atoms with Gasteiger partial charge in [0, 0.05) is 6.20 Å². The third-order valence-corrected chi connectivity index (χ3v) is 6.66. The van der Waals surface area contributed by atoms with Crippen LogP contribution >= 0.6 is 35.0 Å². The normalized spacial score (nSPS) is 12.0. The number of amides is 1. The molecule has 0 spiro atoms. The molecule has 9 heteroatoms. The molecule has 1 N–H and O–H groups in total. The van der Waals surface area contributed by atoms with E-state index < -0.39 is 5.25 Å². The molecule has 0 aliphatic carbocycles. The van der Waals surface area contributed by atoms with Crippen LogP contribution in [0.25, 0.3) is 16.6 Å². The minimum absolute atomic E-state index is 0.185. The summed E-state index contributed by atoms with van der Waals surface area (Å²) in [5.74, 6) is -0.107. The summed E-state index contributed by atoms with van der Waals surface area (Å²) < 4.78 is 1.59. The van der Waals surface area contributed by atoms with Crippen molar-refractivity contribution in [3.8, 4) is 5.69 Å². The van der Waals surface area contributed by atoms with E-state index in [4.69, 9.17) is 28.2 Å². The van der Waals surface area contributed by atoms with Crippen molar-refractivity contribution in [1.29, 1.82) is 0 Å². The van der Waals surface area contributed by atoms with Crippen LogP contribution in [0.4, 0.5) is 5.82 Å². The first-order chi connectivity index (χ1) is 15.8. The zero-order valence-electron chi connectivity index (χ0n) is 18.1. The lowest BCUT2D eigenvalue weighted by Gasteiger charge is -2.19. The number of halogens is 2. The summed E-state index contributed by atoms with van der Waals surface area (Å²) in [6, 6.07) is 14.5. The van der Waals surface area contributed by atoms with E-state index >= 15 is 0 Å². The number of aryl methyl sites for hydroxylation is 2.